The van der Waals surface area contributed by atoms with Crippen LogP contribution in [0.4, 0.5) is 5.13 Å². The van der Waals surface area contributed by atoms with E-state index in [1.54, 1.807) is 0 Å². The molecule has 1 amide bonds. The summed E-state index contributed by atoms with van der Waals surface area (Å²) in [7, 11) is 0. The number of hydrogen-bond donors (Lipinski definition) is 1. The second-order valence-corrected chi connectivity index (χ2v) is 5.77. The predicted octanol–water partition coefficient (Wildman–Crippen LogP) is 2.05. The Balaban J connectivity index is 1.73. The minimum Gasteiger partial charge on any atom is -0.300 e. The van der Waals surface area contributed by atoms with Crippen LogP contribution in [0.2, 0.25) is 0 Å². The van der Waals surface area contributed by atoms with Crippen molar-refractivity contribution in [3.8, 4) is 0 Å². The molecule has 0 unspecified atom stereocenters. The van der Waals surface area contributed by atoms with Crippen molar-refractivity contribution >= 4 is 32.6 Å². The quantitative estimate of drug-likeness (QED) is 0.799. The first kappa shape index (κ1) is 14.4. The zero-order valence-electron chi connectivity index (χ0n) is 11.9. The van der Waals surface area contributed by atoms with Gasteiger partial charge in [-0.2, -0.15) is 0 Å². The normalized spacial score (nSPS) is 10.8. The average molecular weight is 314 g/mol. The molecule has 0 aliphatic rings. The van der Waals surface area contributed by atoms with Crippen LogP contribution >= 0.6 is 11.3 Å². The van der Waals surface area contributed by atoms with Crippen LogP contribution in [-0.4, -0.2) is 20.4 Å². The van der Waals surface area contributed by atoms with Crippen molar-refractivity contribution in [3.05, 3.63) is 52.7 Å². The van der Waals surface area contributed by atoms with Crippen LogP contribution in [0.1, 0.15) is 12.6 Å². The molecular formula is C15H14N4O2S. The lowest BCUT2D eigenvalue weighted by atomic mass is 10.3. The zero-order chi connectivity index (χ0) is 15.5. The molecule has 0 atom stereocenters. The van der Waals surface area contributed by atoms with Gasteiger partial charge in [-0.1, -0.05) is 30.4 Å². The van der Waals surface area contributed by atoms with Crippen LogP contribution in [0.3, 0.4) is 0 Å². The molecule has 0 bridgehead atoms. The minimum absolute atomic E-state index is 0.0776. The van der Waals surface area contributed by atoms with Crippen molar-refractivity contribution in [2.75, 3.05) is 5.32 Å². The number of anilines is 1. The summed E-state index contributed by atoms with van der Waals surface area (Å²) in [6.07, 6.45) is 2.09. The van der Waals surface area contributed by atoms with Gasteiger partial charge in [0.25, 0.3) is 5.56 Å². The van der Waals surface area contributed by atoms with Gasteiger partial charge in [0.2, 0.25) is 5.91 Å². The number of carbonyl (C=O) groups excluding carboxylic acids is 1. The molecule has 0 saturated heterocycles. The lowest BCUT2D eigenvalue weighted by Crippen LogP contribution is -2.27. The number of carbonyl (C=O) groups is 1. The van der Waals surface area contributed by atoms with Gasteiger partial charge in [-0.05, 0) is 18.6 Å². The maximum absolute atomic E-state index is 12.0. The summed E-state index contributed by atoms with van der Waals surface area (Å²) < 4.78 is 2.28. The van der Waals surface area contributed by atoms with E-state index in [9.17, 15) is 9.59 Å². The van der Waals surface area contributed by atoms with Crippen LogP contribution in [0.5, 0.6) is 0 Å². The maximum atomic E-state index is 12.0. The Morgan fingerprint density at radius 2 is 2.18 bits per heavy atom. The molecule has 112 valence electrons. The predicted molar refractivity (Wildman–Crippen MR) is 86.1 cm³/mol. The van der Waals surface area contributed by atoms with Gasteiger partial charge in [0, 0.05) is 11.8 Å². The van der Waals surface area contributed by atoms with Gasteiger partial charge in [0.15, 0.2) is 5.13 Å². The highest BCUT2D eigenvalue weighted by atomic mass is 32.1. The van der Waals surface area contributed by atoms with Crippen LogP contribution < -0.4 is 10.9 Å². The van der Waals surface area contributed by atoms with Crippen molar-refractivity contribution in [2.24, 2.45) is 0 Å². The van der Waals surface area contributed by atoms with Crippen molar-refractivity contribution in [3.63, 3.8) is 0 Å². The molecule has 0 saturated carbocycles. The Bertz CT molecular complexity index is 851. The number of benzene rings is 1. The third-order valence-electron chi connectivity index (χ3n) is 3.15. The first-order valence-corrected chi connectivity index (χ1v) is 7.68. The second-order valence-electron chi connectivity index (χ2n) is 4.73. The number of aryl methyl sites for hydroxylation is 1. The lowest BCUT2D eigenvalue weighted by Gasteiger charge is -2.05. The van der Waals surface area contributed by atoms with Gasteiger partial charge in [0.05, 0.1) is 16.5 Å². The number of hydrogen-bond acceptors (Lipinski definition) is 5. The summed E-state index contributed by atoms with van der Waals surface area (Å²) in [5.74, 6) is -0.299. The topological polar surface area (TPSA) is 76.9 Å². The van der Waals surface area contributed by atoms with Crippen LogP contribution in [0.25, 0.3) is 10.2 Å². The van der Waals surface area contributed by atoms with Crippen molar-refractivity contribution < 1.29 is 4.79 Å². The van der Waals surface area contributed by atoms with E-state index in [1.165, 1.54) is 28.3 Å². The van der Waals surface area contributed by atoms with E-state index in [4.69, 9.17) is 0 Å². The van der Waals surface area contributed by atoms with Gasteiger partial charge in [-0.25, -0.2) is 9.97 Å². The van der Waals surface area contributed by atoms with E-state index in [1.807, 2.05) is 31.2 Å². The van der Waals surface area contributed by atoms with E-state index >= 15 is 0 Å². The Hall–Kier alpha value is -2.54. The fraction of sp³-hybridized carbons (Fsp3) is 0.200. The molecule has 3 aromatic rings. The fourth-order valence-electron chi connectivity index (χ4n) is 2.01. The first-order valence-electron chi connectivity index (χ1n) is 6.86. The largest absolute Gasteiger partial charge is 0.300 e. The summed E-state index contributed by atoms with van der Waals surface area (Å²) >= 11 is 1.40. The number of para-hydroxylation sites is 1. The van der Waals surface area contributed by atoms with Crippen molar-refractivity contribution in [2.45, 2.75) is 19.9 Å². The summed E-state index contributed by atoms with van der Waals surface area (Å²) in [4.78, 5) is 32.3. The number of fused-ring (bicyclic) bond motifs is 1. The molecule has 0 fully saturated rings. The summed E-state index contributed by atoms with van der Waals surface area (Å²) in [5, 5.41) is 3.24. The van der Waals surface area contributed by atoms with Crippen LogP contribution in [-0.2, 0) is 17.8 Å². The summed E-state index contributed by atoms with van der Waals surface area (Å²) in [5.41, 5.74) is 1.33. The van der Waals surface area contributed by atoms with Gasteiger partial charge in [-0.15, -0.1) is 0 Å². The molecule has 6 nitrogen and oxygen atoms in total. The molecule has 3 rings (SSSR count). The van der Waals surface area contributed by atoms with Crippen molar-refractivity contribution in [1.29, 1.82) is 0 Å². The molecule has 0 aliphatic heterocycles. The van der Waals surface area contributed by atoms with E-state index in [2.05, 4.69) is 15.3 Å². The molecule has 22 heavy (non-hydrogen) atoms. The summed E-state index contributed by atoms with van der Waals surface area (Å²) in [6, 6.07) is 9.10. The highest BCUT2D eigenvalue weighted by molar-refractivity contribution is 7.22. The number of rotatable bonds is 4. The van der Waals surface area contributed by atoms with Gasteiger partial charge < -0.3 is 5.32 Å². The molecular weight excluding hydrogens is 300 g/mol. The fourth-order valence-corrected chi connectivity index (χ4v) is 2.90. The minimum atomic E-state index is -0.299. The number of nitrogens with zero attached hydrogens (tertiary/aromatic N) is 3. The number of nitrogens with one attached hydrogen (secondary N) is 1. The van der Waals surface area contributed by atoms with Gasteiger partial charge in [0.1, 0.15) is 6.54 Å². The van der Waals surface area contributed by atoms with E-state index in [0.29, 0.717) is 17.2 Å². The van der Waals surface area contributed by atoms with E-state index in [0.717, 1.165) is 10.2 Å². The van der Waals surface area contributed by atoms with Gasteiger partial charge in [-0.3, -0.25) is 14.2 Å². The summed E-state index contributed by atoms with van der Waals surface area (Å²) in [6.45, 7) is 1.84. The van der Waals surface area contributed by atoms with E-state index < -0.39 is 0 Å². The highest BCUT2D eigenvalue weighted by Gasteiger charge is 2.09. The molecule has 2 heterocycles. The number of thiazole rings is 1. The Labute approximate surface area is 130 Å². The SMILES string of the molecule is CCc1cc(=O)n(CC(=O)Nc2nc3ccccc3s2)cn1. The maximum Gasteiger partial charge on any atom is 0.253 e. The molecule has 1 aromatic carbocycles. The second kappa shape index (κ2) is 6.07. The van der Waals surface area contributed by atoms with E-state index in [-0.39, 0.29) is 18.0 Å². The van der Waals surface area contributed by atoms with Crippen molar-refractivity contribution in [1.82, 2.24) is 14.5 Å². The first-order chi connectivity index (χ1) is 10.7. The monoisotopic (exact) mass is 314 g/mol. The van der Waals surface area contributed by atoms with Crippen LogP contribution in [0.15, 0.2) is 41.5 Å². The molecule has 1 N–H and O–H groups in total. The number of amides is 1. The van der Waals surface area contributed by atoms with Crippen LogP contribution in [0, 0.1) is 0 Å². The molecule has 0 aliphatic carbocycles. The van der Waals surface area contributed by atoms with Gasteiger partial charge >= 0.3 is 0 Å². The molecule has 2 aromatic heterocycles. The Morgan fingerprint density at radius 3 is 2.91 bits per heavy atom. The Kier molecular flexibility index (Phi) is 3.97. The number of aromatic nitrogens is 3. The standard InChI is InChI=1S/C15H14N4O2S/c1-2-10-7-14(21)19(9-16-10)8-13(20)18-15-17-11-5-3-4-6-12(11)22-15/h3-7,9H,2,8H2,1H3,(H,17,18,20). The Morgan fingerprint density at radius 1 is 1.36 bits per heavy atom. The third-order valence-corrected chi connectivity index (χ3v) is 4.10. The third kappa shape index (κ3) is 3.04. The molecule has 7 heteroatoms. The molecule has 0 radical (unpaired) electrons. The lowest BCUT2D eigenvalue weighted by molar-refractivity contribution is -0.116. The highest BCUT2D eigenvalue weighted by Crippen LogP contribution is 2.25. The zero-order valence-corrected chi connectivity index (χ0v) is 12.8. The smallest absolute Gasteiger partial charge is 0.253 e. The average Bonchev–Trinajstić information content (AvgIpc) is 2.91. The molecule has 0 spiro atoms.